The number of methoxy groups -OCH3 is 1. The van der Waals surface area contributed by atoms with Gasteiger partial charge in [-0.1, -0.05) is 0 Å². The molecule has 216 valence electrons. The van der Waals surface area contributed by atoms with E-state index in [0.717, 1.165) is 17.7 Å². The highest BCUT2D eigenvalue weighted by atomic mass is 19.1. The van der Waals surface area contributed by atoms with Crippen molar-refractivity contribution >= 4 is 17.5 Å². The lowest BCUT2D eigenvalue weighted by molar-refractivity contribution is -0.134. The third kappa shape index (κ3) is 7.60. The molecule has 41 heavy (non-hydrogen) atoms. The molecule has 0 bridgehead atoms. The van der Waals surface area contributed by atoms with Crippen LogP contribution in [0.1, 0.15) is 29.9 Å². The number of carbonyl (C=O) groups is 1. The Balaban J connectivity index is 0.00000108. The Hall–Kier alpha value is -5.38. The van der Waals surface area contributed by atoms with E-state index in [1.54, 1.807) is 6.07 Å². The molecule has 0 aliphatic rings. The number of ether oxygens (including phenoxy) is 2. The van der Waals surface area contributed by atoms with Gasteiger partial charge in [0.15, 0.2) is 17.4 Å². The van der Waals surface area contributed by atoms with Crippen molar-refractivity contribution in [3.05, 3.63) is 87.9 Å². The number of H-pyrrole nitrogens is 1. The topological polar surface area (TPSA) is 214 Å². The fourth-order valence-corrected chi connectivity index (χ4v) is 3.47. The van der Waals surface area contributed by atoms with Crippen molar-refractivity contribution in [3.8, 4) is 17.4 Å². The van der Waals surface area contributed by atoms with Crippen molar-refractivity contribution in [1.29, 1.82) is 5.41 Å². The number of anilines is 1. The maximum Gasteiger partial charge on any atom is 0.350 e. The average molecular weight is 573 g/mol. The first-order chi connectivity index (χ1) is 19.5. The van der Waals surface area contributed by atoms with Gasteiger partial charge in [0.05, 0.1) is 19.3 Å². The highest BCUT2D eigenvalue weighted by Crippen LogP contribution is 2.35. The van der Waals surface area contributed by atoms with Crippen LogP contribution < -0.4 is 26.2 Å². The van der Waals surface area contributed by atoms with Gasteiger partial charge in [-0.05, 0) is 30.3 Å². The molecule has 0 saturated carbocycles. The number of benzene rings is 2. The van der Waals surface area contributed by atoms with E-state index in [2.05, 4.69) is 25.4 Å². The van der Waals surface area contributed by atoms with E-state index in [9.17, 15) is 9.18 Å². The molecule has 16 heteroatoms. The number of aromatic nitrogens is 5. The van der Waals surface area contributed by atoms with Crippen molar-refractivity contribution in [3.63, 3.8) is 0 Å². The van der Waals surface area contributed by atoms with E-state index < -0.39 is 35.2 Å². The highest BCUT2D eigenvalue weighted by Gasteiger charge is 2.27. The zero-order valence-electron chi connectivity index (χ0n) is 21.8. The van der Waals surface area contributed by atoms with Gasteiger partial charge in [0.25, 0.3) is 11.9 Å². The van der Waals surface area contributed by atoms with Crippen LogP contribution in [-0.4, -0.2) is 67.1 Å². The number of nitrogen functional groups attached to an aromatic ring is 1. The Morgan fingerprint density at radius 1 is 1.24 bits per heavy atom. The molecule has 4 rings (SSSR count). The Morgan fingerprint density at radius 3 is 2.51 bits per heavy atom. The molecule has 1 atom stereocenters. The van der Waals surface area contributed by atoms with E-state index in [0.29, 0.717) is 0 Å². The first-order valence-electron chi connectivity index (χ1n) is 11.7. The van der Waals surface area contributed by atoms with Crippen molar-refractivity contribution in [2.75, 3.05) is 25.6 Å². The van der Waals surface area contributed by atoms with Crippen LogP contribution in [0.4, 0.5) is 14.5 Å². The van der Waals surface area contributed by atoms with Crippen molar-refractivity contribution in [1.82, 2.24) is 24.7 Å². The quantitative estimate of drug-likeness (QED) is 0.118. The number of aliphatic carboxylic acids is 1. The van der Waals surface area contributed by atoms with Gasteiger partial charge < -0.3 is 30.7 Å². The number of hydrogen-bond donors (Lipinski definition) is 6. The second-order valence-corrected chi connectivity index (χ2v) is 8.08. The SMILES string of the molecule is CC(=O)O.COc1cc(OCCO)c(F)c([C@H](Nc2ccc(C(=N)N)c(F)c2)c2nn(-c3ncccn3)c(=O)[nH]2)c1. The van der Waals surface area contributed by atoms with Gasteiger partial charge >= 0.3 is 5.69 Å². The molecular weight excluding hydrogens is 546 g/mol. The molecule has 2 heterocycles. The number of rotatable bonds is 10. The third-order valence-corrected chi connectivity index (χ3v) is 5.16. The molecule has 0 unspecified atom stereocenters. The lowest BCUT2D eigenvalue weighted by Crippen LogP contribution is -2.18. The molecule has 0 saturated heterocycles. The maximum absolute atomic E-state index is 15.7. The second-order valence-electron chi connectivity index (χ2n) is 8.08. The fraction of sp³-hybridized carbons (Fsp3) is 0.200. The smallest absolute Gasteiger partial charge is 0.350 e. The molecule has 0 fully saturated rings. The fourth-order valence-electron chi connectivity index (χ4n) is 3.47. The van der Waals surface area contributed by atoms with Crippen LogP contribution >= 0.6 is 0 Å². The van der Waals surface area contributed by atoms with Crippen LogP contribution in [0.3, 0.4) is 0 Å². The van der Waals surface area contributed by atoms with Crippen LogP contribution in [0.5, 0.6) is 11.5 Å². The van der Waals surface area contributed by atoms with Crippen LogP contribution in [0, 0.1) is 17.0 Å². The van der Waals surface area contributed by atoms with Crippen LogP contribution in [0.15, 0.2) is 53.6 Å². The number of amidine groups is 1. The average Bonchev–Trinajstić information content (AvgIpc) is 3.32. The molecule has 0 spiro atoms. The molecule has 2 aromatic heterocycles. The van der Waals surface area contributed by atoms with E-state index in [-0.39, 0.29) is 53.3 Å². The number of aliphatic hydroxyl groups is 1. The lowest BCUT2D eigenvalue weighted by Gasteiger charge is -2.21. The molecule has 4 aromatic rings. The molecule has 14 nitrogen and oxygen atoms in total. The van der Waals surface area contributed by atoms with Gasteiger partial charge in [-0.3, -0.25) is 15.2 Å². The normalized spacial score (nSPS) is 11.1. The number of aliphatic hydroxyl groups excluding tert-OH is 1. The molecule has 0 radical (unpaired) electrons. The zero-order chi connectivity index (χ0) is 30.1. The summed E-state index contributed by atoms with van der Waals surface area (Å²) in [5, 5.41) is 31.2. The number of aromatic amines is 1. The Morgan fingerprint density at radius 2 is 1.93 bits per heavy atom. The summed E-state index contributed by atoms with van der Waals surface area (Å²) in [6.45, 7) is 0.542. The summed E-state index contributed by atoms with van der Waals surface area (Å²) >= 11 is 0. The Labute approximate surface area is 230 Å². The number of hydrogen-bond acceptors (Lipinski definition) is 10. The summed E-state index contributed by atoms with van der Waals surface area (Å²) < 4.78 is 41.7. The van der Waals surface area contributed by atoms with Crippen LogP contribution in [-0.2, 0) is 4.79 Å². The standard InChI is InChI=1S/C23H22F2N8O4.C2H4O2/c1-36-13-10-15(18(25)17(11-13)37-8-7-34)19(30-12-3-4-14(20(26)27)16(24)9-12)21-31-23(35)33(32-21)22-28-5-2-6-29-22;1-2(3)4/h2-6,9-11,19,30,34H,7-8H2,1H3,(H3,26,27)(H,31,32,35);1H3,(H,3,4)/t19-;/m0./s1. The minimum atomic E-state index is -1.20. The van der Waals surface area contributed by atoms with Crippen molar-refractivity contribution < 1.29 is 33.3 Å². The Bertz CT molecular complexity index is 1570. The predicted octanol–water partition coefficient (Wildman–Crippen LogP) is 1.58. The van der Waals surface area contributed by atoms with E-state index in [1.165, 1.54) is 43.8 Å². The number of nitrogens with one attached hydrogen (secondary N) is 3. The number of carboxylic acids is 1. The summed E-state index contributed by atoms with van der Waals surface area (Å²) in [5.41, 5.74) is 4.67. The highest BCUT2D eigenvalue weighted by molar-refractivity contribution is 5.95. The summed E-state index contributed by atoms with van der Waals surface area (Å²) in [7, 11) is 1.37. The van der Waals surface area contributed by atoms with Gasteiger partial charge in [-0.2, -0.15) is 0 Å². The van der Waals surface area contributed by atoms with Gasteiger partial charge in [0.2, 0.25) is 0 Å². The Kier molecular flexibility index (Phi) is 10.0. The van der Waals surface area contributed by atoms with Crippen molar-refractivity contribution in [2.24, 2.45) is 5.73 Å². The monoisotopic (exact) mass is 572 g/mol. The van der Waals surface area contributed by atoms with Gasteiger partial charge in [0.1, 0.15) is 30.1 Å². The largest absolute Gasteiger partial charge is 0.497 e. The molecule has 0 aliphatic carbocycles. The maximum atomic E-state index is 15.7. The number of nitrogens with two attached hydrogens (primary N) is 1. The first-order valence-corrected chi connectivity index (χ1v) is 11.7. The lowest BCUT2D eigenvalue weighted by atomic mass is 10.0. The number of carboxylic acid groups (broad SMARTS) is 1. The third-order valence-electron chi connectivity index (χ3n) is 5.16. The molecule has 0 aliphatic heterocycles. The minimum Gasteiger partial charge on any atom is -0.497 e. The number of halogens is 2. The second kappa shape index (κ2) is 13.6. The van der Waals surface area contributed by atoms with Gasteiger partial charge in [-0.15, -0.1) is 9.78 Å². The molecule has 0 amide bonds. The summed E-state index contributed by atoms with van der Waals surface area (Å²) in [6, 6.07) is 6.80. The minimum absolute atomic E-state index is 0.0244. The first kappa shape index (κ1) is 30.2. The predicted molar refractivity (Wildman–Crippen MR) is 141 cm³/mol. The van der Waals surface area contributed by atoms with Gasteiger partial charge in [0, 0.05) is 36.6 Å². The van der Waals surface area contributed by atoms with E-state index >= 15 is 4.39 Å². The van der Waals surface area contributed by atoms with Crippen LogP contribution in [0.2, 0.25) is 0 Å². The van der Waals surface area contributed by atoms with E-state index in [1.807, 2.05) is 0 Å². The molecular formula is C25H26F2N8O6. The summed E-state index contributed by atoms with van der Waals surface area (Å²) in [5.74, 6) is -3.01. The van der Waals surface area contributed by atoms with Crippen LogP contribution in [0.25, 0.3) is 5.95 Å². The zero-order valence-corrected chi connectivity index (χ0v) is 21.8. The number of nitrogens with zero attached hydrogens (tertiary/aromatic N) is 4. The van der Waals surface area contributed by atoms with E-state index in [4.69, 9.17) is 35.6 Å². The summed E-state index contributed by atoms with van der Waals surface area (Å²) in [4.78, 5) is 32.2. The summed E-state index contributed by atoms with van der Waals surface area (Å²) in [6.07, 6.45) is 2.84. The molecule has 7 N–H and O–H groups in total. The van der Waals surface area contributed by atoms with Crippen molar-refractivity contribution in [2.45, 2.75) is 13.0 Å². The molecule has 2 aromatic carbocycles. The van der Waals surface area contributed by atoms with Gasteiger partial charge in [-0.25, -0.2) is 23.5 Å².